The number of hydrogen-bond donors (Lipinski definition) is 1. The maximum absolute atomic E-state index is 5.60. The third kappa shape index (κ3) is 5.71. The highest BCUT2D eigenvalue weighted by Crippen LogP contribution is 2.03. The van der Waals surface area contributed by atoms with Crippen molar-refractivity contribution in [2.24, 2.45) is 16.6 Å². The van der Waals surface area contributed by atoms with Crippen LogP contribution in [0.15, 0.2) is 29.9 Å². The maximum Gasteiger partial charge on any atom is 0.0994 e. The molecular formula is C10H18N2. The molecule has 0 amide bonds. The molecule has 0 aliphatic carbocycles. The molecule has 0 aliphatic heterocycles. The Bertz CT molecular complexity index is 180. The van der Waals surface area contributed by atoms with Crippen LogP contribution >= 0.6 is 0 Å². The highest BCUT2D eigenvalue weighted by molar-refractivity contribution is 5.81. The molecule has 1 unspecified atom stereocenters. The maximum atomic E-state index is 5.60. The number of allylic oxidation sites excluding steroid dienone is 2. The van der Waals surface area contributed by atoms with Crippen LogP contribution in [0.3, 0.4) is 0 Å². The smallest absolute Gasteiger partial charge is 0.0994 e. The van der Waals surface area contributed by atoms with Crippen LogP contribution in [0.2, 0.25) is 0 Å². The fourth-order valence-electron chi connectivity index (χ4n) is 0.936. The van der Waals surface area contributed by atoms with Gasteiger partial charge in [0.15, 0.2) is 0 Å². The van der Waals surface area contributed by atoms with Gasteiger partial charge in [-0.25, -0.2) is 4.99 Å². The molecular weight excluding hydrogens is 148 g/mol. The first kappa shape index (κ1) is 11.0. The largest absolute Gasteiger partial charge is 0.387 e. The van der Waals surface area contributed by atoms with Gasteiger partial charge in [-0.2, -0.15) is 0 Å². The van der Waals surface area contributed by atoms with Gasteiger partial charge < -0.3 is 5.73 Å². The minimum absolute atomic E-state index is 0.466. The van der Waals surface area contributed by atoms with E-state index >= 15 is 0 Å². The van der Waals surface area contributed by atoms with Crippen LogP contribution in [0.25, 0.3) is 0 Å². The van der Waals surface area contributed by atoms with E-state index in [1.165, 1.54) is 6.20 Å². The van der Waals surface area contributed by atoms with E-state index in [1.54, 1.807) is 0 Å². The van der Waals surface area contributed by atoms with Gasteiger partial charge in [0.25, 0.3) is 0 Å². The van der Waals surface area contributed by atoms with E-state index in [0.717, 1.165) is 12.8 Å². The number of nitrogens with two attached hydrogens (primary N) is 1. The highest BCUT2D eigenvalue weighted by atomic mass is 14.8. The third-order valence-corrected chi connectivity index (χ3v) is 1.49. The summed E-state index contributed by atoms with van der Waals surface area (Å²) in [6, 6.07) is 0. The second-order valence-corrected chi connectivity index (χ2v) is 2.82. The molecule has 0 aromatic rings. The SMILES string of the molecule is C=CN=C(N)CC(C)/C=C\CC. The van der Waals surface area contributed by atoms with Crippen molar-refractivity contribution >= 4 is 5.84 Å². The lowest BCUT2D eigenvalue weighted by molar-refractivity contribution is 0.760. The first-order chi connectivity index (χ1) is 5.70. The fraction of sp³-hybridized carbons (Fsp3) is 0.500. The van der Waals surface area contributed by atoms with Gasteiger partial charge in [-0.3, -0.25) is 0 Å². The normalized spacial score (nSPS) is 15.0. The van der Waals surface area contributed by atoms with Crippen LogP contribution < -0.4 is 5.73 Å². The molecule has 0 aromatic heterocycles. The Morgan fingerprint density at radius 2 is 2.33 bits per heavy atom. The van der Waals surface area contributed by atoms with Crippen molar-refractivity contribution in [1.29, 1.82) is 0 Å². The van der Waals surface area contributed by atoms with E-state index < -0.39 is 0 Å². The van der Waals surface area contributed by atoms with E-state index in [1.807, 2.05) is 0 Å². The van der Waals surface area contributed by atoms with E-state index in [9.17, 15) is 0 Å². The number of aliphatic imine (C=N–C) groups is 1. The predicted molar refractivity (Wildman–Crippen MR) is 55.0 cm³/mol. The van der Waals surface area contributed by atoms with Gasteiger partial charge in [0.1, 0.15) is 0 Å². The molecule has 0 heterocycles. The summed E-state index contributed by atoms with van der Waals surface area (Å²) >= 11 is 0. The van der Waals surface area contributed by atoms with E-state index in [0.29, 0.717) is 11.8 Å². The number of rotatable bonds is 5. The van der Waals surface area contributed by atoms with Crippen LogP contribution in [-0.4, -0.2) is 5.84 Å². The zero-order valence-electron chi connectivity index (χ0n) is 7.96. The van der Waals surface area contributed by atoms with Gasteiger partial charge in [-0.05, 0) is 12.3 Å². The molecule has 0 rings (SSSR count). The van der Waals surface area contributed by atoms with Gasteiger partial charge in [-0.1, -0.05) is 32.6 Å². The molecule has 0 bridgehead atoms. The predicted octanol–water partition coefficient (Wildman–Crippen LogP) is 2.48. The Hall–Kier alpha value is -1.05. The van der Waals surface area contributed by atoms with E-state index in [2.05, 4.69) is 37.6 Å². The summed E-state index contributed by atoms with van der Waals surface area (Å²) in [5, 5.41) is 0. The van der Waals surface area contributed by atoms with Gasteiger partial charge >= 0.3 is 0 Å². The quantitative estimate of drug-likeness (QED) is 0.380. The van der Waals surface area contributed by atoms with Gasteiger partial charge in [0, 0.05) is 12.6 Å². The summed E-state index contributed by atoms with van der Waals surface area (Å²) in [6.45, 7) is 7.72. The monoisotopic (exact) mass is 166 g/mol. The molecule has 68 valence electrons. The van der Waals surface area contributed by atoms with Crippen LogP contribution in [0.1, 0.15) is 26.7 Å². The molecule has 12 heavy (non-hydrogen) atoms. The highest BCUT2D eigenvalue weighted by Gasteiger charge is 1.98. The zero-order valence-corrected chi connectivity index (χ0v) is 7.96. The van der Waals surface area contributed by atoms with Crippen molar-refractivity contribution in [2.75, 3.05) is 0 Å². The Balaban J connectivity index is 3.83. The third-order valence-electron chi connectivity index (χ3n) is 1.49. The van der Waals surface area contributed by atoms with Gasteiger partial charge in [-0.15, -0.1) is 0 Å². The average Bonchev–Trinajstić information content (AvgIpc) is 2.01. The molecule has 2 N–H and O–H groups in total. The second kappa shape index (κ2) is 6.65. The molecule has 0 saturated carbocycles. The van der Waals surface area contributed by atoms with Crippen LogP contribution in [0.4, 0.5) is 0 Å². The number of nitrogens with zero attached hydrogens (tertiary/aromatic N) is 1. The molecule has 0 fully saturated rings. The molecule has 0 aromatic carbocycles. The molecule has 0 aliphatic rings. The molecule has 1 atom stereocenters. The van der Waals surface area contributed by atoms with Crippen molar-refractivity contribution in [1.82, 2.24) is 0 Å². The number of hydrogen-bond acceptors (Lipinski definition) is 1. The Labute approximate surface area is 74.9 Å². The van der Waals surface area contributed by atoms with E-state index in [-0.39, 0.29) is 0 Å². The average molecular weight is 166 g/mol. The topological polar surface area (TPSA) is 38.4 Å². The Kier molecular flexibility index (Phi) is 6.07. The molecule has 2 nitrogen and oxygen atoms in total. The molecule has 0 saturated heterocycles. The zero-order chi connectivity index (χ0) is 9.40. The summed E-state index contributed by atoms with van der Waals surface area (Å²) in [4.78, 5) is 3.90. The second-order valence-electron chi connectivity index (χ2n) is 2.82. The Morgan fingerprint density at radius 1 is 1.67 bits per heavy atom. The van der Waals surface area contributed by atoms with Crippen LogP contribution in [0.5, 0.6) is 0 Å². The van der Waals surface area contributed by atoms with Gasteiger partial charge in [0.2, 0.25) is 0 Å². The molecule has 0 spiro atoms. The van der Waals surface area contributed by atoms with Crippen molar-refractivity contribution in [3.63, 3.8) is 0 Å². The van der Waals surface area contributed by atoms with E-state index in [4.69, 9.17) is 5.73 Å². The lowest BCUT2D eigenvalue weighted by Gasteiger charge is -2.03. The summed E-state index contributed by atoms with van der Waals surface area (Å²) in [7, 11) is 0. The van der Waals surface area contributed by atoms with Crippen LogP contribution in [-0.2, 0) is 0 Å². The lowest BCUT2D eigenvalue weighted by atomic mass is 10.1. The minimum atomic E-state index is 0.466. The summed E-state index contributed by atoms with van der Waals surface area (Å²) in [5.74, 6) is 1.12. The number of amidine groups is 1. The standard InChI is InChI=1S/C10H18N2/c1-4-6-7-9(3)8-10(11)12-5-2/h5-7,9H,2,4,8H2,1,3H3,(H2,11,12)/b7-6-. The van der Waals surface area contributed by atoms with Crippen molar-refractivity contribution < 1.29 is 0 Å². The summed E-state index contributed by atoms with van der Waals surface area (Å²) in [6.07, 6.45) is 7.66. The summed E-state index contributed by atoms with van der Waals surface area (Å²) in [5.41, 5.74) is 5.60. The van der Waals surface area contributed by atoms with Crippen molar-refractivity contribution in [2.45, 2.75) is 26.7 Å². The summed E-state index contributed by atoms with van der Waals surface area (Å²) < 4.78 is 0. The Morgan fingerprint density at radius 3 is 2.83 bits per heavy atom. The lowest BCUT2D eigenvalue weighted by Crippen LogP contribution is -2.14. The fourth-order valence-corrected chi connectivity index (χ4v) is 0.936. The van der Waals surface area contributed by atoms with Crippen LogP contribution in [0, 0.1) is 5.92 Å². The first-order valence-electron chi connectivity index (χ1n) is 4.30. The molecule has 2 heteroatoms. The van der Waals surface area contributed by atoms with Gasteiger partial charge in [0.05, 0.1) is 5.84 Å². The van der Waals surface area contributed by atoms with Crippen molar-refractivity contribution in [3.8, 4) is 0 Å². The van der Waals surface area contributed by atoms with Crippen molar-refractivity contribution in [3.05, 3.63) is 24.9 Å². The minimum Gasteiger partial charge on any atom is -0.387 e. The molecule has 0 radical (unpaired) electrons. The first-order valence-corrected chi connectivity index (χ1v) is 4.30.